The van der Waals surface area contributed by atoms with Gasteiger partial charge in [-0.3, -0.25) is 4.79 Å². The molecule has 0 aliphatic carbocycles. The number of aliphatic hydroxyl groups excluding tert-OH is 1. The Morgan fingerprint density at radius 3 is 2.56 bits per heavy atom. The smallest absolute Gasteiger partial charge is 0.330 e. The van der Waals surface area contributed by atoms with Crippen LogP contribution in [0.2, 0.25) is 0 Å². The summed E-state index contributed by atoms with van der Waals surface area (Å²) in [4.78, 5) is 22.4. The summed E-state index contributed by atoms with van der Waals surface area (Å²) in [6.45, 7) is 7.43. The Hall–Kier alpha value is -1.62. The van der Waals surface area contributed by atoms with E-state index in [0.717, 1.165) is 19.0 Å². The molecule has 0 unspecified atom stereocenters. The largest absolute Gasteiger partial charge is 0.460 e. The van der Waals surface area contributed by atoms with Gasteiger partial charge in [0, 0.05) is 19.0 Å². The van der Waals surface area contributed by atoms with Crippen molar-refractivity contribution in [3.8, 4) is 0 Å². The van der Waals surface area contributed by atoms with Gasteiger partial charge < -0.3 is 14.7 Å². The number of nitrogens with zero attached hydrogens (tertiary/aromatic N) is 1. The quantitative estimate of drug-likeness (QED) is 0.559. The second-order valence-corrected chi connectivity index (χ2v) is 2.97. The minimum Gasteiger partial charge on any atom is -0.460 e. The molecular weight excluding hydrogens is 210 g/mol. The summed E-state index contributed by atoms with van der Waals surface area (Å²) in [5.41, 5.74) is 0. The zero-order chi connectivity index (χ0) is 12.4. The van der Waals surface area contributed by atoms with Crippen molar-refractivity contribution in [1.29, 1.82) is 0 Å². The molecule has 1 aliphatic rings. The van der Waals surface area contributed by atoms with Gasteiger partial charge in [-0.25, -0.2) is 4.79 Å². The molecule has 0 bridgehead atoms. The molecule has 1 N–H and O–H groups in total. The van der Waals surface area contributed by atoms with Crippen LogP contribution in [0.3, 0.4) is 0 Å². The summed E-state index contributed by atoms with van der Waals surface area (Å²) in [6.07, 6.45) is 4.34. The van der Waals surface area contributed by atoms with E-state index in [1.54, 1.807) is 11.1 Å². The number of ether oxygens (including phenoxy) is 1. The highest BCUT2D eigenvalue weighted by Gasteiger charge is 2.15. The summed E-state index contributed by atoms with van der Waals surface area (Å²) < 4.78 is 4.33. The van der Waals surface area contributed by atoms with Gasteiger partial charge in [-0.2, -0.15) is 0 Å². The van der Waals surface area contributed by atoms with Gasteiger partial charge >= 0.3 is 5.97 Å². The van der Waals surface area contributed by atoms with Crippen LogP contribution in [0.25, 0.3) is 0 Å². The van der Waals surface area contributed by atoms with E-state index in [-0.39, 0.29) is 19.1 Å². The van der Waals surface area contributed by atoms with Crippen LogP contribution >= 0.6 is 0 Å². The maximum atomic E-state index is 10.7. The van der Waals surface area contributed by atoms with Crippen LogP contribution in [0, 0.1) is 0 Å². The first-order valence-electron chi connectivity index (χ1n) is 4.97. The number of rotatable bonds is 4. The van der Waals surface area contributed by atoms with Crippen molar-refractivity contribution < 1.29 is 19.4 Å². The average molecular weight is 227 g/mol. The number of carbonyl (C=O) groups is 2. The van der Waals surface area contributed by atoms with E-state index in [1.165, 1.54) is 0 Å². The maximum absolute atomic E-state index is 10.7. The van der Waals surface area contributed by atoms with Gasteiger partial charge in [-0.1, -0.05) is 13.2 Å². The van der Waals surface area contributed by atoms with Crippen LogP contribution in [0.1, 0.15) is 12.8 Å². The normalized spacial score (nSPS) is 13.8. The van der Waals surface area contributed by atoms with E-state index in [1.807, 2.05) is 0 Å². The Morgan fingerprint density at radius 2 is 2.25 bits per heavy atom. The van der Waals surface area contributed by atoms with Crippen molar-refractivity contribution in [3.05, 3.63) is 25.4 Å². The molecule has 1 heterocycles. The Kier molecular flexibility index (Phi) is 7.79. The molecule has 1 amide bonds. The van der Waals surface area contributed by atoms with E-state index in [9.17, 15) is 9.59 Å². The lowest BCUT2D eigenvalue weighted by atomic mass is 10.4. The molecule has 90 valence electrons. The number of carbonyl (C=O) groups excluding carboxylic acids is 2. The van der Waals surface area contributed by atoms with Gasteiger partial charge in [0.25, 0.3) is 0 Å². The third-order valence-electron chi connectivity index (χ3n) is 1.83. The van der Waals surface area contributed by atoms with Gasteiger partial charge in [0.15, 0.2) is 0 Å². The standard InChI is InChI=1S/C6H9NO.C5H8O3/c1-2-7-5-3-4-6(7)8;1-2-5(7)8-4-3-6/h2H,1,3-5H2;2,6H,1,3-4H2. The number of likely N-dealkylation sites (tertiary alicyclic amines) is 1. The van der Waals surface area contributed by atoms with Crippen molar-refractivity contribution in [2.45, 2.75) is 12.8 Å². The Labute approximate surface area is 95.0 Å². The number of amides is 1. The number of esters is 1. The van der Waals surface area contributed by atoms with Crippen molar-refractivity contribution in [2.24, 2.45) is 0 Å². The molecular formula is C11H17NO4. The highest BCUT2D eigenvalue weighted by atomic mass is 16.5. The highest BCUT2D eigenvalue weighted by molar-refractivity contribution is 5.81. The van der Waals surface area contributed by atoms with Crippen LogP contribution in [0.15, 0.2) is 25.4 Å². The topological polar surface area (TPSA) is 66.8 Å². The summed E-state index contributed by atoms with van der Waals surface area (Å²) >= 11 is 0. The van der Waals surface area contributed by atoms with Crippen molar-refractivity contribution >= 4 is 11.9 Å². The van der Waals surface area contributed by atoms with Gasteiger partial charge in [0.05, 0.1) is 6.61 Å². The Bertz CT molecular complexity index is 263. The van der Waals surface area contributed by atoms with Crippen molar-refractivity contribution in [2.75, 3.05) is 19.8 Å². The monoisotopic (exact) mass is 227 g/mol. The molecule has 0 atom stereocenters. The predicted octanol–water partition coefficient (Wildman–Crippen LogP) is 0.460. The fraction of sp³-hybridized carbons (Fsp3) is 0.455. The fourth-order valence-corrected chi connectivity index (χ4v) is 1.07. The lowest BCUT2D eigenvalue weighted by Gasteiger charge is -2.05. The number of hydrogen-bond acceptors (Lipinski definition) is 4. The third-order valence-corrected chi connectivity index (χ3v) is 1.83. The first-order chi connectivity index (χ1) is 7.65. The molecule has 0 spiro atoms. The molecule has 1 saturated heterocycles. The summed E-state index contributed by atoms with van der Waals surface area (Å²) in [6, 6.07) is 0. The third kappa shape index (κ3) is 5.98. The van der Waals surface area contributed by atoms with Crippen molar-refractivity contribution in [1.82, 2.24) is 4.90 Å². The van der Waals surface area contributed by atoms with Crippen molar-refractivity contribution in [3.63, 3.8) is 0 Å². The molecule has 1 aliphatic heterocycles. The van der Waals surface area contributed by atoms with Crippen LogP contribution < -0.4 is 0 Å². The van der Waals surface area contributed by atoms with Crippen LogP contribution in [0.5, 0.6) is 0 Å². The molecule has 1 fully saturated rings. The molecule has 0 aromatic carbocycles. The van der Waals surface area contributed by atoms with Crippen LogP contribution in [0.4, 0.5) is 0 Å². The van der Waals surface area contributed by atoms with Gasteiger partial charge in [0.1, 0.15) is 6.61 Å². The number of aliphatic hydroxyl groups is 1. The van der Waals surface area contributed by atoms with E-state index < -0.39 is 5.97 Å². The molecule has 1 rings (SSSR count). The van der Waals surface area contributed by atoms with E-state index in [4.69, 9.17) is 5.11 Å². The highest BCUT2D eigenvalue weighted by Crippen LogP contribution is 2.08. The van der Waals surface area contributed by atoms with Crippen LogP contribution in [-0.4, -0.2) is 41.6 Å². The predicted molar refractivity (Wildman–Crippen MR) is 59.4 cm³/mol. The maximum Gasteiger partial charge on any atom is 0.330 e. The summed E-state index contributed by atoms with van der Waals surface area (Å²) in [7, 11) is 0. The van der Waals surface area contributed by atoms with Gasteiger partial charge in [0.2, 0.25) is 5.91 Å². The zero-order valence-corrected chi connectivity index (χ0v) is 9.22. The fourth-order valence-electron chi connectivity index (χ4n) is 1.07. The molecule has 0 radical (unpaired) electrons. The minimum absolute atomic E-state index is 0.0465. The zero-order valence-electron chi connectivity index (χ0n) is 9.22. The SMILES string of the molecule is C=CC(=O)OCCO.C=CN1CCCC1=O. The summed E-state index contributed by atoms with van der Waals surface area (Å²) in [5.74, 6) is -0.293. The average Bonchev–Trinajstić information content (AvgIpc) is 2.72. The number of hydrogen-bond donors (Lipinski definition) is 1. The van der Waals surface area contributed by atoms with Crippen LogP contribution in [-0.2, 0) is 14.3 Å². The molecule has 0 aromatic heterocycles. The minimum atomic E-state index is -0.501. The van der Waals surface area contributed by atoms with E-state index in [0.29, 0.717) is 6.42 Å². The lowest BCUT2D eigenvalue weighted by molar-refractivity contribution is -0.138. The molecule has 0 aromatic rings. The summed E-state index contributed by atoms with van der Waals surface area (Å²) in [5, 5.41) is 8.10. The molecule has 5 nitrogen and oxygen atoms in total. The van der Waals surface area contributed by atoms with Gasteiger partial charge in [-0.15, -0.1) is 0 Å². The van der Waals surface area contributed by atoms with E-state index >= 15 is 0 Å². The lowest BCUT2D eigenvalue weighted by Crippen LogP contribution is -2.16. The Morgan fingerprint density at radius 1 is 1.56 bits per heavy atom. The first kappa shape index (κ1) is 14.4. The molecule has 0 saturated carbocycles. The van der Waals surface area contributed by atoms with Gasteiger partial charge in [-0.05, 0) is 12.6 Å². The second kappa shape index (κ2) is 8.67. The molecule has 5 heteroatoms. The Balaban J connectivity index is 0.000000281. The second-order valence-electron chi connectivity index (χ2n) is 2.97. The first-order valence-corrected chi connectivity index (χ1v) is 4.97. The molecule has 16 heavy (non-hydrogen) atoms. The van der Waals surface area contributed by atoms with E-state index in [2.05, 4.69) is 17.9 Å².